The molecule has 0 aliphatic heterocycles. The van der Waals surface area contributed by atoms with Crippen LogP contribution in [0.15, 0.2) is 18.2 Å². The molecule has 0 fully saturated rings. The van der Waals surface area contributed by atoms with Crippen LogP contribution in [-0.4, -0.2) is 26.4 Å². The van der Waals surface area contributed by atoms with Gasteiger partial charge in [0.15, 0.2) is 5.82 Å². The van der Waals surface area contributed by atoms with Gasteiger partial charge in [0, 0.05) is 16.3 Å². The van der Waals surface area contributed by atoms with Crippen molar-refractivity contribution in [3.63, 3.8) is 0 Å². The van der Waals surface area contributed by atoms with Gasteiger partial charge in [-0.15, -0.1) is 5.10 Å². The third kappa shape index (κ3) is 2.70. The number of benzene rings is 1. The van der Waals surface area contributed by atoms with Crippen molar-refractivity contribution < 1.29 is 13.2 Å². The van der Waals surface area contributed by atoms with Gasteiger partial charge in [-0.3, -0.25) is 0 Å². The first-order valence-electron chi connectivity index (χ1n) is 4.75. The van der Waals surface area contributed by atoms with Crippen molar-refractivity contribution in [1.82, 2.24) is 20.2 Å². The van der Waals surface area contributed by atoms with E-state index in [1.165, 1.54) is 18.2 Å². The lowest BCUT2D eigenvalue weighted by atomic mass is 10.1. The van der Waals surface area contributed by atoms with Crippen LogP contribution in [0.3, 0.4) is 0 Å². The first-order chi connectivity index (χ1) is 8.37. The largest absolute Gasteiger partial charge is 0.408 e. The molecule has 0 spiro atoms. The fourth-order valence-corrected chi connectivity index (χ4v) is 1.59. The van der Waals surface area contributed by atoms with E-state index in [1.54, 1.807) is 0 Å². The summed E-state index contributed by atoms with van der Waals surface area (Å²) in [6.07, 6.45) is -4.41. The lowest BCUT2D eigenvalue weighted by molar-refractivity contribution is -0.142. The Morgan fingerprint density at radius 1 is 1.33 bits per heavy atom. The van der Waals surface area contributed by atoms with Gasteiger partial charge in [0.2, 0.25) is 0 Å². The van der Waals surface area contributed by atoms with E-state index >= 15 is 0 Å². The van der Waals surface area contributed by atoms with E-state index in [1.807, 2.05) is 0 Å². The van der Waals surface area contributed by atoms with Crippen molar-refractivity contribution in [2.45, 2.75) is 12.7 Å². The lowest BCUT2D eigenvalue weighted by Gasteiger charge is -2.09. The quantitative estimate of drug-likeness (QED) is 0.854. The molecule has 2 aromatic rings. The predicted molar refractivity (Wildman–Crippen MR) is 58.7 cm³/mol. The van der Waals surface area contributed by atoms with Crippen LogP contribution in [-0.2, 0) is 6.54 Å². The van der Waals surface area contributed by atoms with Gasteiger partial charge >= 0.3 is 6.18 Å². The van der Waals surface area contributed by atoms with Gasteiger partial charge in [-0.2, -0.15) is 13.2 Å². The standard InChI is InChI=1S/C9H7ClF3N5/c10-5-1-2-6(7(14)3-5)8-15-16-17-18(8)4-9(11,12)13/h1-3H,4,14H2. The SMILES string of the molecule is Nc1cc(Cl)ccc1-c1nnnn1CC(F)(F)F. The molecule has 0 bridgehead atoms. The van der Waals surface area contributed by atoms with Crippen LogP contribution in [0, 0.1) is 0 Å². The number of rotatable bonds is 2. The van der Waals surface area contributed by atoms with Gasteiger partial charge < -0.3 is 5.73 Å². The van der Waals surface area contributed by atoms with Gasteiger partial charge in [0.25, 0.3) is 0 Å². The molecule has 2 N–H and O–H groups in total. The molecular formula is C9H7ClF3N5. The van der Waals surface area contributed by atoms with Crippen LogP contribution in [0.2, 0.25) is 5.02 Å². The number of halogens is 4. The minimum Gasteiger partial charge on any atom is -0.398 e. The fraction of sp³-hybridized carbons (Fsp3) is 0.222. The fourth-order valence-electron chi connectivity index (χ4n) is 1.41. The minimum atomic E-state index is -4.41. The van der Waals surface area contributed by atoms with Crippen molar-refractivity contribution in [2.75, 3.05) is 5.73 Å². The van der Waals surface area contributed by atoms with E-state index in [0.717, 1.165) is 0 Å². The zero-order chi connectivity index (χ0) is 13.3. The molecule has 1 aromatic carbocycles. The van der Waals surface area contributed by atoms with E-state index in [-0.39, 0.29) is 11.5 Å². The van der Waals surface area contributed by atoms with Crippen molar-refractivity contribution in [3.05, 3.63) is 23.2 Å². The normalized spacial score (nSPS) is 11.8. The van der Waals surface area contributed by atoms with Crippen LogP contribution in [0.25, 0.3) is 11.4 Å². The average Bonchev–Trinajstić information content (AvgIpc) is 2.63. The number of aromatic nitrogens is 4. The maximum Gasteiger partial charge on any atom is 0.408 e. The maximum absolute atomic E-state index is 12.3. The smallest absolute Gasteiger partial charge is 0.398 e. The van der Waals surface area contributed by atoms with Gasteiger partial charge in [0.05, 0.1) is 0 Å². The summed E-state index contributed by atoms with van der Waals surface area (Å²) in [6, 6.07) is 4.39. The maximum atomic E-state index is 12.3. The molecule has 0 saturated heterocycles. The lowest BCUT2D eigenvalue weighted by Crippen LogP contribution is -2.19. The molecular weight excluding hydrogens is 271 g/mol. The highest BCUT2D eigenvalue weighted by Gasteiger charge is 2.30. The van der Waals surface area contributed by atoms with Gasteiger partial charge in [-0.05, 0) is 28.6 Å². The first-order valence-corrected chi connectivity index (χ1v) is 5.13. The molecule has 0 radical (unpaired) electrons. The molecule has 0 amide bonds. The summed E-state index contributed by atoms with van der Waals surface area (Å²) in [5, 5.41) is 10.4. The highest BCUT2D eigenvalue weighted by atomic mass is 35.5. The van der Waals surface area contributed by atoms with Gasteiger partial charge in [0.1, 0.15) is 6.54 Å². The number of alkyl halides is 3. The molecule has 1 aromatic heterocycles. The monoisotopic (exact) mass is 277 g/mol. The number of nitrogens with zero attached hydrogens (tertiary/aromatic N) is 4. The van der Waals surface area contributed by atoms with Crippen LogP contribution in [0.1, 0.15) is 0 Å². The molecule has 96 valence electrons. The van der Waals surface area contributed by atoms with Crippen LogP contribution in [0.4, 0.5) is 18.9 Å². The molecule has 0 aliphatic carbocycles. The average molecular weight is 278 g/mol. The molecule has 0 unspecified atom stereocenters. The molecule has 9 heteroatoms. The highest BCUT2D eigenvalue weighted by Crippen LogP contribution is 2.28. The van der Waals surface area contributed by atoms with E-state index in [4.69, 9.17) is 17.3 Å². The Hall–Kier alpha value is -1.83. The summed E-state index contributed by atoms with van der Waals surface area (Å²) in [5.74, 6) is -0.0542. The number of hydrogen-bond donors (Lipinski definition) is 1. The summed E-state index contributed by atoms with van der Waals surface area (Å²) in [7, 11) is 0. The third-order valence-corrected chi connectivity index (χ3v) is 2.35. The zero-order valence-electron chi connectivity index (χ0n) is 8.82. The van der Waals surface area contributed by atoms with E-state index < -0.39 is 12.7 Å². The summed E-state index contributed by atoms with van der Waals surface area (Å²) in [5.41, 5.74) is 6.18. The van der Waals surface area contributed by atoms with Crippen LogP contribution in [0.5, 0.6) is 0 Å². The molecule has 18 heavy (non-hydrogen) atoms. The summed E-state index contributed by atoms with van der Waals surface area (Å²) < 4.78 is 37.6. The Morgan fingerprint density at radius 3 is 2.67 bits per heavy atom. The van der Waals surface area contributed by atoms with E-state index in [0.29, 0.717) is 15.3 Å². The Bertz CT molecular complexity index is 566. The number of anilines is 1. The molecule has 2 rings (SSSR count). The zero-order valence-corrected chi connectivity index (χ0v) is 9.57. The van der Waals surface area contributed by atoms with Crippen molar-refractivity contribution in [1.29, 1.82) is 0 Å². The number of nitrogens with two attached hydrogens (primary N) is 1. The number of nitrogen functional groups attached to an aromatic ring is 1. The number of hydrogen-bond acceptors (Lipinski definition) is 4. The Kier molecular flexibility index (Phi) is 3.12. The molecule has 5 nitrogen and oxygen atoms in total. The molecule has 0 atom stereocenters. The summed E-state index contributed by atoms with van der Waals surface area (Å²) in [4.78, 5) is 0. The van der Waals surface area contributed by atoms with E-state index in [9.17, 15) is 13.2 Å². The second-order valence-electron chi connectivity index (χ2n) is 3.51. The van der Waals surface area contributed by atoms with Crippen LogP contribution < -0.4 is 5.73 Å². The van der Waals surface area contributed by atoms with Crippen LogP contribution >= 0.6 is 11.6 Å². The Labute approximate surface area is 104 Å². The van der Waals surface area contributed by atoms with E-state index in [2.05, 4.69) is 15.5 Å². The van der Waals surface area contributed by atoms with Gasteiger partial charge in [-0.25, -0.2) is 4.68 Å². The molecule has 1 heterocycles. The second kappa shape index (κ2) is 4.45. The number of tetrazole rings is 1. The van der Waals surface area contributed by atoms with Gasteiger partial charge in [-0.1, -0.05) is 11.6 Å². The molecule has 0 saturated carbocycles. The minimum absolute atomic E-state index is 0.0542. The third-order valence-electron chi connectivity index (χ3n) is 2.12. The van der Waals surface area contributed by atoms with Crippen molar-refractivity contribution in [3.8, 4) is 11.4 Å². The summed E-state index contributed by atoms with van der Waals surface area (Å²) >= 11 is 5.71. The Morgan fingerprint density at radius 2 is 2.06 bits per heavy atom. The first kappa shape index (κ1) is 12.6. The Balaban J connectivity index is 2.42. The summed E-state index contributed by atoms with van der Waals surface area (Å²) in [6.45, 7) is -1.28. The highest BCUT2D eigenvalue weighted by molar-refractivity contribution is 6.31. The van der Waals surface area contributed by atoms with Crippen molar-refractivity contribution >= 4 is 17.3 Å². The van der Waals surface area contributed by atoms with Crippen molar-refractivity contribution in [2.24, 2.45) is 0 Å². The molecule has 0 aliphatic rings. The topological polar surface area (TPSA) is 69.6 Å². The predicted octanol–water partition coefficient (Wildman–Crippen LogP) is 2.14. The second-order valence-corrected chi connectivity index (χ2v) is 3.94.